The zero-order valence-corrected chi connectivity index (χ0v) is 15.0. The second-order valence-electron chi connectivity index (χ2n) is 5.18. The first-order valence-electron chi connectivity index (χ1n) is 6.96. The Kier molecular flexibility index (Phi) is 5.33. The van der Waals surface area contributed by atoms with E-state index in [2.05, 4.69) is 5.32 Å². The molecule has 25 heavy (non-hydrogen) atoms. The Morgan fingerprint density at radius 2 is 1.56 bits per heavy atom. The van der Waals surface area contributed by atoms with Crippen molar-refractivity contribution in [2.75, 3.05) is 11.6 Å². The van der Waals surface area contributed by atoms with Crippen LogP contribution in [0, 0.1) is 6.92 Å². The first kappa shape index (κ1) is 18.7. The average Bonchev–Trinajstić information content (AvgIpc) is 2.48. The molecule has 2 aromatic rings. The van der Waals surface area contributed by atoms with E-state index in [0.29, 0.717) is 0 Å². The Balaban J connectivity index is 2.29. The lowest BCUT2D eigenvalue weighted by Crippen LogP contribution is -2.33. The van der Waals surface area contributed by atoms with Gasteiger partial charge < -0.3 is 9.50 Å². The molecule has 0 spiro atoms. The predicted molar refractivity (Wildman–Crippen MR) is 92.4 cm³/mol. The van der Waals surface area contributed by atoms with E-state index in [1.54, 1.807) is 16.9 Å². The van der Waals surface area contributed by atoms with Gasteiger partial charge in [0.15, 0.2) is 0 Å². The molecule has 0 radical (unpaired) electrons. The van der Waals surface area contributed by atoms with Crippen LogP contribution in [0.5, 0.6) is 5.75 Å². The highest BCUT2D eigenvalue weighted by atomic mass is 32.2. The van der Waals surface area contributed by atoms with Crippen molar-refractivity contribution in [3.8, 4) is 5.75 Å². The summed E-state index contributed by atoms with van der Waals surface area (Å²) in [5, 5.41) is 2.18. The van der Waals surface area contributed by atoms with Gasteiger partial charge in [-0.05, 0) is 31.2 Å². The standard InChI is InChI=1S/C15H16N2O6S2/c1-11-7-9-12(10-8-11)23-25(21,22)14-6-4-3-5-13(14)16-15(18)17-24(2,19)20/h3-10H,1-2H3,(H2,16,17,18). The van der Waals surface area contributed by atoms with Crippen molar-refractivity contribution in [2.45, 2.75) is 11.8 Å². The second kappa shape index (κ2) is 7.11. The maximum atomic E-state index is 12.5. The first-order valence-corrected chi connectivity index (χ1v) is 10.3. The third-order valence-corrected chi connectivity index (χ3v) is 4.77. The highest BCUT2D eigenvalue weighted by Crippen LogP contribution is 2.25. The molecule has 2 rings (SSSR count). The van der Waals surface area contributed by atoms with Crippen LogP contribution in [0.25, 0.3) is 0 Å². The molecule has 0 atom stereocenters. The fourth-order valence-corrected chi connectivity index (χ4v) is 3.35. The highest BCUT2D eigenvalue weighted by Gasteiger charge is 2.22. The zero-order chi connectivity index (χ0) is 18.7. The van der Waals surface area contributed by atoms with E-state index in [4.69, 9.17) is 4.18 Å². The first-order chi connectivity index (χ1) is 11.6. The number of sulfonamides is 1. The van der Waals surface area contributed by atoms with E-state index >= 15 is 0 Å². The van der Waals surface area contributed by atoms with E-state index < -0.39 is 26.2 Å². The summed E-state index contributed by atoms with van der Waals surface area (Å²) >= 11 is 0. The number of rotatable bonds is 5. The molecule has 0 aliphatic carbocycles. The number of carbonyl (C=O) groups is 1. The summed E-state index contributed by atoms with van der Waals surface area (Å²) in [4.78, 5) is 11.4. The van der Waals surface area contributed by atoms with Crippen LogP contribution in [0.15, 0.2) is 53.4 Å². The van der Waals surface area contributed by atoms with Gasteiger partial charge in [0.1, 0.15) is 10.6 Å². The lowest BCUT2D eigenvalue weighted by atomic mass is 10.2. The van der Waals surface area contributed by atoms with Crippen molar-refractivity contribution in [3.05, 3.63) is 54.1 Å². The third kappa shape index (κ3) is 5.47. The SMILES string of the molecule is Cc1ccc(OS(=O)(=O)c2ccccc2NC(=O)NS(C)(=O)=O)cc1. The van der Waals surface area contributed by atoms with Crippen LogP contribution in [0.2, 0.25) is 0 Å². The number of carbonyl (C=O) groups excluding carboxylic acids is 1. The van der Waals surface area contributed by atoms with Gasteiger partial charge in [-0.2, -0.15) is 8.42 Å². The molecule has 0 unspecified atom stereocenters. The quantitative estimate of drug-likeness (QED) is 0.760. The predicted octanol–water partition coefficient (Wildman–Crippen LogP) is 1.84. The van der Waals surface area contributed by atoms with E-state index in [-0.39, 0.29) is 16.3 Å². The largest absolute Gasteiger partial charge is 0.379 e. The van der Waals surface area contributed by atoms with Crippen LogP contribution >= 0.6 is 0 Å². The van der Waals surface area contributed by atoms with E-state index in [1.165, 1.54) is 36.4 Å². The minimum Gasteiger partial charge on any atom is -0.379 e. The number of benzene rings is 2. The maximum absolute atomic E-state index is 12.5. The van der Waals surface area contributed by atoms with E-state index in [9.17, 15) is 21.6 Å². The fraction of sp³-hybridized carbons (Fsp3) is 0.133. The lowest BCUT2D eigenvalue weighted by Gasteiger charge is -2.12. The molecule has 2 amide bonds. The number of aryl methyl sites for hydroxylation is 1. The minimum atomic E-state index is -4.24. The summed E-state index contributed by atoms with van der Waals surface area (Å²) < 4.78 is 53.8. The Bertz CT molecular complexity index is 983. The molecule has 8 nitrogen and oxygen atoms in total. The average molecular weight is 384 g/mol. The molecule has 134 valence electrons. The summed E-state index contributed by atoms with van der Waals surface area (Å²) in [6.07, 6.45) is 0.801. The molecule has 0 saturated carbocycles. The molecule has 0 heterocycles. The summed E-state index contributed by atoms with van der Waals surface area (Å²) in [5.41, 5.74) is 0.819. The molecule has 10 heteroatoms. The molecule has 0 aliphatic rings. The third-order valence-electron chi connectivity index (χ3n) is 2.91. The van der Waals surface area contributed by atoms with Gasteiger partial charge in [-0.15, -0.1) is 0 Å². The van der Waals surface area contributed by atoms with Crippen LogP contribution in [-0.2, 0) is 20.1 Å². The van der Waals surface area contributed by atoms with Gasteiger partial charge in [-0.3, -0.25) is 0 Å². The molecule has 2 aromatic carbocycles. The number of urea groups is 1. The molecule has 2 N–H and O–H groups in total. The van der Waals surface area contributed by atoms with Gasteiger partial charge in [-0.25, -0.2) is 17.9 Å². The van der Waals surface area contributed by atoms with Crippen molar-refractivity contribution in [1.29, 1.82) is 0 Å². The van der Waals surface area contributed by atoms with Crippen LogP contribution < -0.4 is 14.2 Å². The molecule has 0 saturated heterocycles. The van der Waals surface area contributed by atoms with E-state index in [1.807, 2.05) is 6.92 Å². The number of amides is 2. The van der Waals surface area contributed by atoms with Crippen molar-refractivity contribution in [1.82, 2.24) is 4.72 Å². The van der Waals surface area contributed by atoms with Crippen molar-refractivity contribution >= 4 is 31.9 Å². The second-order valence-corrected chi connectivity index (χ2v) is 8.44. The Morgan fingerprint density at radius 3 is 2.16 bits per heavy atom. The summed E-state index contributed by atoms with van der Waals surface area (Å²) in [7, 11) is -8.03. The van der Waals surface area contributed by atoms with Gasteiger partial charge >= 0.3 is 16.1 Å². The van der Waals surface area contributed by atoms with Crippen LogP contribution in [0.3, 0.4) is 0 Å². The zero-order valence-electron chi connectivity index (χ0n) is 13.4. The number of hydrogen-bond acceptors (Lipinski definition) is 6. The van der Waals surface area contributed by atoms with Gasteiger partial charge in [0.25, 0.3) is 0 Å². The van der Waals surface area contributed by atoms with Crippen molar-refractivity contribution < 1.29 is 25.8 Å². The molecule has 0 aliphatic heterocycles. The van der Waals surface area contributed by atoms with Gasteiger partial charge in [0.2, 0.25) is 10.0 Å². The minimum absolute atomic E-state index is 0.112. The van der Waals surface area contributed by atoms with Crippen LogP contribution in [0.1, 0.15) is 5.56 Å². The summed E-state index contributed by atoms with van der Waals surface area (Å²) in [6.45, 7) is 1.85. The Labute approximate surface area is 146 Å². The fourth-order valence-electron chi connectivity index (χ4n) is 1.87. The number of anilines is 1. The van der Waals surface area contributed by atoms with Gasteiger partial charge in [-0.1, -0.05) is 29.8 Å². The van der Waals surface area contributed by atoms with Crippen molar-refractivity contribution in [3.63, 3.8) is 0 Å². The summed E-state index contributed by atoms with van der Waals surface area (Å²) in [6, 6.07) is 10.8. The van der Waals surface area contributed by atoms with Crippen molar-refractivity contribution in [2.24, 2.45) is 0 Å². The van der Waals surface area contributed by atoms with Crippen LogP contribution in [-0.4, -0.2) is 29.1 Å². The van der Waals surface area contributed by atoms with Crippen LogP contribution in [0.4, 0.5) is 10.5 Å². The molecule has 0 bridgehead atoms. The molecule has 0 aromatic heterocycles. The molecular weight excluding hydrogens is 368 g/mol. The Hall–Kier alpha value is -2.59. The highest BCUT2D eigenvalue weighted by molar-refractivity contribution is 7.89. The number of nitrogens with one attached hydrogen (secondary N) is 2. The number of hydrogen-bond donors (Lipinski definition) is 2. The summed E-state index contributed by atoms with van der Waals surface area (Å²) in [5.74, 6) is 0.112. The molecule has 0 fully saturated rings. The van der Waals surface area contributed by atoms with E-state index in [0.717, 1.165) is 11.8 Å². The lowest BCUT2D eigenvalue weighted by molar-refractivity contribution is 0.256. The molecular formula is C15H16N2O6S2. The smallest absolute Gasteiger partial charge is 0.341 e. The Morgan fingerprint density at radius 1 is 0.960 bits per heavy atom. The maximum Gasteiger partial charge on any atom is 0.341 e. The number of para-hydroxylation sites is 1. The topological polar surface area (TPSA) is 119 Å². The monoisotopic (exact) mass is 384 g/mol. The van der Waals surface area contributed by atoms with Gasteiger partial charge in [0.05, 0.1) is 11.9 Å². The normalized spacial score (nSPS) is 11.6. The van der Waals surface area contributed by atoms with Gasteiger partial charge in [0, 0.05) is 0 Å².